The number of carbonyl (C=O) groups excluding carboxylic acids is 3. The maximum atomic E-state index is 12.1. The number of likely N-dealkylation sites (tertiary alicyclic amines) is 1. The number of hydrogen-bond donors (Lipinski definition) is 1. The van der Waals surface area contributed by atoms with E-state index in [4.69, 9.17) is 4.74 Å². The second-order valence-corrected chi connectivity index (χ2v) is 7.37. The highest BCUT2D eigenvalue weighted by molar-refractivity contribution is 5.89. The van der Waals surface area contributed by atoms with Crippen LogP contribution < -0.4 is 5.32 Å². The summed E-state index contributed by atoms with van der Waals surface area (Å²) in [5.41, 5.74) is -0.537. The zero-order chi connectivity index (χ0) is 17.2. The van der Waals surface area contributed by atoms with Crippen molar-refractivity contribution in [2.75, 3.05) is 26.7 Å². The van der Waals surface area contributed by atoms with Crippen LogP contribution in [0.1, 0.15) is 40.0 Å². The van der Waals surface area contributed by atoms with Gasteiger partial charge in [0, 0.05) is 39.1 Å². The van der Waals surface area contributed by atoms with Gasteiger partial charge in [-0.05, 0) is 33.6 Å². The highest BCUT2D eigenvalue weighted by atomic mass is 16.6. The van der Waals surface area contributed by atoms with Crippen LogP contribution in [0.15, 0.2) is 0 Å². The number of nitrogens with one attached hydrogen (secondary N) is 1. The average Bonchev–Trinajstić information content (AvgIpc) is 3.19. The Morgan fingerprint density at radius 1 is 1.35 bits per heavy atom. The molecular weight excluding hydrogens is 298 g/mol. The topological polar surface area (TPSA) is 79.0 Å². The molecule has 23 heavy (non-hydrogen) atoms. The van der Waals surface area contributed by atoms with Crippen LogP contribution in [-0.4, -0.2) is 66.0 Å². The van der Waals surface area contributed by atoms with E-state index >= 15 is 0 Å². The normalized spacial score (nSPS) is 21.3. The standard InChI is InChI=1S/C16H27N3O4/c1-16(2,3)23-15(22)18(4)8-7-17-14(21)11-9-13(20)19(10-11)12-5-6-12/h11-12H,5-10H2,1-4H3,(H,17,21). The number of rotatable bonds is 5. The van der Waals surface area contributed by atoms with E-state index in [9.17, 15) is 14.4 Å². The van der Waals surface area contributed by atoms with Crippen molar-refractivity contribution in [2.24, 2.45) is 5.92 Å². The summed E-state index contributed by atoms with van der Waals surface area (Å²) in [6, 6.07) is 0.360. The molecule has 1 heterocycles. The van der Waals surface area contributed by atoms with E-state index in [1.54, 1.807) is 7.05 Å². The second kappa shape index (κ2) is 6.76. The lowest BCUT2D eigenvalue weighted by molar-refractivity contribution is -0.129. The summed E-state index contributed by atoms with van der Waals surface area (Å²) in [4.78, 5) is 39.0. The Morgan fingerprint density at radius 3 is 2.57 bits per heavy atom. The van der Waals surface area contributed by atoms with Crippen molar-refractivity contribution >= 4 is 17.9 Å². The van der Waals surface area contributed by atoms with Crippen LogP contribution in [-0.2, 0) is 14.3 Å². The van der Waals surface area contributed by atoms with Crippen molar-refractivity contribution in [1.29, 1.82) is 0 Å². The van der Waals surface area contributed by atoms with Crippen molar-refractivity contribution in [2.45, 2.75) is 51.7 Å². The molecule has 1 atom stereocenters. The smallest absolute Gasteiger partial charge is 0.410 e. The predicted octanol–water partition coefficient (Wildman–Crippen LogP) is 0.980. The molecule has 0 bridgehead atoms. The molecule has 2 fully saturated rings. The van der Waals surface area contributed by atoms with E-state index < -0.39 is 11.7 Å². The lowest BCUT2D eigenvalue weighted by Crippen LogP contribution is -2.41. The van der Waals surface area contributed by atoms with Gasteiger partial charge in [-0.25, -0.2) is 4.79 Å². The Morgan fingerprint density at radius 2 is 2.00 bits per heavy atom. The third-order valence-electron chi connectivity index (χ3n) is 3.97. The first-order valence-electron chi connectivity index (χ1n) is 8.18. The van der Waals surface area contributed by atoms with Crippen molar-refractivity contribution in [3.8, 4) is 0 Å². The van der Waals surface area contributed by atoms with Crippen LogP contribution in [0.4, 0.5) is 4.79 Å². The Kier molecular flexibility index (Phi) is 5.16. The van der Waals surface area contributed by atoms with Crippen LogP contribution in [0.5, 0.6) is 0 Å². The number of ether oxygens (including phenoxy) is 1. The van der Waals surface area contributed by atoms with Crippen LogP contribution in [0.3, 0.4) is 0 Å². The molecular formula is C16H27N3O4. The first-order chi connectivity index (χ1) is 10.7. The molecule has 1 unspecified atom stereocenters. The Hall–Kier alpha value is -1.79. The summed E-state index contributed by atoms with van der Waals surface area (Å²) in [7, 11) is 1.63. The molecule has 1 aliphatic heterocycles. The van der Waals surface area contributed by atoms with Gasteiger partial charge in [-0.1, -0.05) is 0 Å². The molecule has 1 aliphatic carbocycles. The average molecular weight is 325 g/mol. The number of amides is 3. The fourth-order valence-corrected chi connectivity index (χ4v) is 2.57. The van der Waals surface area contributed by atoms with Crippen LogP contribution >= 0.6 is 0 Å². The molecule has 1 N–H and O–H groups in total. The molecule has 7 heteroatoms. The minimum absolute atomic E-state index is 0.0820. The number of carbonyl (C=O) groups is 3. The summed E-state index contributed by atoms with van der Waals surface area (Å²) in [6.07, 6.45) is 1.99. The quantitative estimate of drug-likeness (QED) is 0.817. The van der Waals surface area contributed by atoms with Crippen molar-refractivity contribution in [3.63, 3.8) is 0 Å². The van der Waals surface area contributed by atoms with Gasteiger partial charge in [0.2, 0.25) is 11.8 Å². The molecule has 2 aliphatic rings. The molecule has 0 aromatic rings. The van der Waals surface area contributed by atoms with Gasteiger partial charge in [0.05, 0.1) is 5.92 Å². The van der Waals surface area contributed by atoms with E-state index in [0.29, 0.717) is 32.1 Å². The fraction of sp³-hybridized carbons (Fsp3) is 0.812. The molecule has 3 amide bonds. The molecule has 7 nitrogen and oxygen atoms in total. The van der Waals surface area contributed by atoms with Crippen LogP contribution in [0, 0.1) is 5.92 Å². The van der Waals surface area contributed by atoms with Gasteiger partial charge in [0.25, 0.3) is 0 Å². The van der Waals surface area contributed by atoms with E-state index in [-0.39, 0.29) is 17.7 Å². The van der Waals surface area contributed by atoms with Crippen LogP contribution in [0.2, 0.25) is 0 Å². The third kappa shape index (κ3) is 5.11. The van der Waals surface area contributed by atoms with Gasteiger partial charge in [-0.2, -0.15) is 0 Å². The summed E-state index contributed by atoms with van der Waals surface area (Å²) in [5.74, 6) is -0.299. The van der Waals surface area contributed by atoms with Gasteiger partial charge in [0.15, 0.2) is 0 Å². The molecule has 0 aromatic heterocycles. The lowest BCUT2D eigenvalue weighted by Gasteiger charge is -2.24. The lowest BCUT2D eigenvalue weighted by atomic mass is 10.1. The molecule has 1 saturated carbocycles. The van der Waals surface area contributed by atoms with E-state index in [1.165, 1.54) is 4.90 Å². The molecule has 130 valence electrons. The number of hydrogen-bond acceptors (Lipinski definition) is 4. The van der Waals surface area contributed by atoms with Crippen molar-refractivity contribution < 1.29 is 19.1 Å². The highest BCUT2D eigenvalue weighted by Gasteiger charge is 2.41. The molecule has 1 saturated heterocycles. The minimum atomic E-state index is -0.537. The maximum absolute atomic E-state index is 12.1. The van der Waals surface area contributed by atoms with Gasteiger partial charge < -0.3 is 19.9 Å². The van der Waals surface area contributed by atoms with Gasteiger partial charge in [-0.15, -0.1) is 0 Å². The SMILES string of the molecule is CN(CCNC(=O)C1CC(=O)N(C2CC2)C1)C(=O)OC(C)(C)C. The van der Waals surface area contributed by atoms with Gasteiger partial charge in [-0.3, -0.25) is 9.59 Å². The van der Waals surface area contributed by atoms with Gasteiger partial charge >= 0.3 is 6.09 Å². The highest BCUT2D eigenvalue weighted by Crippen LogP contribution is 2.32. The van der Waals surface area contributed by atoms with E-state index in [2.05, 4.69) is 5.32 Å². The van der Waals surface area contributed by atoms with E-state index in [1.807, 2.05) is 25.7 Å². The third-order valence-corrected chi connectivity index (χ3v) is 3.97. The summed E-state index contributed by atoms with van der Waals surface area (Å²) >= 11 is 0. The summed E-state index contributed by atoms with van der Waals surface area (Å²) in [5, 5.41) is 2.81. The number of likely N-dealkylation sites (N-methyl/N-ethyl adjacent to an activating group) is 1. The first-order valence-corrected chi connectivity index (χ1v) is 8.18. The Balaban J connectivity index is 1.68. The second-order valence-electron chi connectivity index (χ2n) is 7.37. The molecule has 0 spiro atoms. The summed E-state index contributed by atoms with van der Waals surface area (Å²) in [6.45, 7) is 6.67. The Labute approximate surface area is 137 Å². The van der Waals surface area contributed by atoms with Crippen molar-refractivity contribution in [1.82, 2.24) is 15.1 Å². The first kappa shape index (κ1) is 17.6. The predicted molar refractivity (Wildman–Crippen MR) is 84.7 cm³/mol. The van der Waals surface area contributed by atoms with E-state index in [0.717, 1.165) is 12.8 Å². The zero-order valence-electron chi connectivity index (χ0n) is 14.4. The largest absolute Gasteiger partial charge is 0.444 e. The monoisotopic (exact) mass is 325 g/mol. The minimum Gasteiger partial charge on any atom is -0.444 e. The fourth-order valence-electron chi connectivity index (χ4n) is 2.57. The molecule has 0 radical (unpaired) electrons. The van der Waals surface area contributed by atoms with Crippen molar-refractivity contribution in [3.05, 3.63) is 0 Å². The zero-order valence-corrected chi connectivity index (χ0v) is 14.4. The molecule has 0 aromatic carbocycles. The van der Waals surface area contributed by atoms with Gasteiger partial charge in [0.1, 0.15) is 5.60 Å². The van der Waals surface area contributed by atoms with Crippen LogP contribution in [0.25, 0.3) is 0 Å². The Bertz CT molecular complexity index is 482. The molecule has 2 rings (SSSR count). The number of nitrogens with zero attached hydrogens (tertiary/aromatic N) is 2. The summed E-state index contributed by atoms with van der Waals surface area (Å²) < 4.78 is 5.24. The maximum Gasteiger partial charge on any atom is 0.410 e.